The highest BCUT2D eigenvalue weighted by Gasteiger charge is 2.28. The molecule has 116 valence electrons. The molecule has 2 N–H and O–H groups in total. The van der Waals surface area contributed by atoms with Gasteiger partial charge in [-0.05, 0) is 30.2 Å². The Labute approximate surface area is 131 Å². The molecule has 1 aliphatic rings. The number of methoxy groups -OCH3 is 2. The van der Waals surface area contributed by atoms with E-state index in [1.165, 1.54) is 11.3 Å². The summed E-state index contributed by atoms with van der Waals surface area (Å²) in [5, 5.41) is 0. The quantitative estimate of drug-likeness (QED) is 0.922. The Bertz CT molecular complexity index is 657. The van der Waals surface area contributed by atoms with Gasteiger partial charge in [0.25, 0.3) is 0 Å². The lowest BCUT2D eigenvalue weighted by molar-refractivity contribution is 0.387. The van der Waals surface area contributed by atoms with E-state index in [0.717, 1.165) is 30.0 Å². The largest absolute Gasteiger partial charge is 0.497 e. The summed E-state index contributed by atoms with van der Waals surface area (Å²) < 4.78 is 10.8. The summed E-state index contributed by atoms with van der Waals surface area (Å²) >= 11 is 0. The molecule has 2 aromatic carbocycles. The van der Waals surface area contributed by atoms with Crippen molar-refractivity contribution < 1.29 is 9.47 Å². The molecule has 22 heavy (non-hydrogen) atoms. The molecule has 0 bridgehead atoms. The number of nitrogens with zero attached hydrogens (tertiary/aromatic N) is 1. The number of ether oxygens (including phenoxy) is 2. The molecule has 0 saturated carbocycles. The van der Waals surface area contributed by atoms with Gasteiger partial charge in [0.05, 0.1) is 20.3 Å². The molecule has 0 saturated heterocycles. The number of benzene rings is 2. The summed E-state index contributed by atoms with van der Waals surface area (Å²) in [6.45, 7) is 1.52. The van der Waals surface area contributed by atoms with E-state index in [4.69, 9.17) is 15.2 Å². The van der Waals surface area contributed by atoms with Crippen LogP contribution < -0.4 is 20.1 Å². The molecule has 0 fully saturated rings. The van der Waals surface area contributed by atoms with Gasteiger partial charge in [-0.25, -0.2) is 0 Å². The second-order valence-electron chi connectivity index (χ2n) is 5.43. The van der Waals surface area contributed by atoms with Crippen LogP contribution >= 0.6 is 0 Å². The first-order chi connectivity index (χ1) is 10.8. The third-order valence-corrected chi connectivity index (χ3v) is 4.32. The Kier molecular flexibility index (Phi) is 4.20. The average Bonchev–Trinajstić information content (AvgIpc) is 3.00. The molecule has 0 spiro atoms. The molecular formula is C18H22N2O2. The zero-order chi connectivity index (χ0) is 15.5. The van der Waals surface area contributed by atoms with Gasteiger partial charge in [0.15, 0.2) is 0 Å². The number of hydrogen-bond acceptors (Lipinski definition) is 4. The van der Waals surface area contributed by atoms with Crippen LogP contribution in [-0.4, -0.2) is 27.3 Å². The Morgan fingerprint density at radius 1 is 1.14 bits per heavy atom. The second-order valence-corrected chi connectivity index (χ2v) is 5.43. The Balaban J connectivity index is 1.99. The topological polar surface area (TPSA) is 47.7 Å². The highest BCUT2D eigenvalue weighted by molar-refractivity contribution is 5.60. The second kappa shape index (κ2) is 6.28. The number of nitrogens with two attached hydrogens (primary N) is 1. The lowest BCUT2D eigenvalue weighted by Gasteiger charge is -2.31. The molecule has 4 heteroatoms. The van der Waals surface area contributed by atoms with Gasteiger partial charge in [-0.15, -0.1) is 0 Å². The highest BCUT2D eigenvalue weighted by Crippen LogP contribution is 2.38. The van der Waals surface area contributed by atoms with E-state index in [9.17, 15) is 0 Å². The minimum absolute atomic E-state index is 0.101. The van der Waals surface area contributed by atoms with Gasteiger partial charge in [-0.1, -0.05) is 18.2 Å². The van der Waals surface area contributed by atoms with E-state index in [1.807, 2.05) is 12.1 Å². The zero-order valence-electron chi connectivity index (χ0n) is 13.1. The maximum atomic E-state index is 6.11. The minimum Gasteiger partial charge on any atom is -0.497 e. The molecule has 3 rings (SSSR count). The fourth-order valence-corrected chi connectivity index (χ4v) is 3.20. The van der Waals surface area contributed by atoms with Crippen molar-refractivity contribution in [2.75, 3.05) is 32.2 Å². The summed E-state index contributed by atoms with van der Waals surface area (Å²) in [4.78, 5) is 2.37. The van der Waals surface area contributed by atoms with Crippen molar-refractivity contribution in [1.29, 1.82) is 0 Å². The van der Waals surface area contributed by atoms with Gasteiger partial charge in [0, 0.05) is 30.4 Å². The van der Waals surface area contributed by atoms with E-state index in [2.05, 4.69) is 35.2 Å². The van der Waals surface area contributed by atoms with Gasteiger partial charge >= 0.3 is 0 Å². The van der Waals surface area contributed by atoms with Crippen molar-refractivity contribution in [2.45, 2.75) is 12.5 Å². The van der Waals surface area contributed by atoms with Gasteiger partial charge < -0.3 is 20.1 Å². The number of anilines is 1. The number of fused-ring (bicyclic) bond motifs is 1. The number of hydrogen-bond donors (Lipinski definition) is 1. The van der Waals surface area contributed by atoms with Crippen LogP contribution in [-0.2, 0) is 6.42 Å². The predicted octanol–water partition coefficient (Wildman–Crippen LogP) is 2.77. The predicted molar refractivity (Wildman–Crippen MR) is 88.8 cm³/mol. The van der Waals surface area contributed by atoms with Crippen LogP contribution in [0, 0.1) is 0 Å². The van der Waals surface area contributed by atoms with Crippen molar-refractivity contribution in [3.05, 3.63) is 53.6 Å². The minimum atomic E-state index is 0.101. The van der Waals surface area contributed by atoms with Crippen molar-refractivity contribution in [2.24, 2.45) is 5.73 Å². The van der Waals surface area contributed by atoms with Crippen LogP contribution in [0.2, 0.25) is 0 Å². The number of para-hydroxylation sites is 1. The monoisotopic (exact) mass is 298 g/mol. The van der Waals surface area contributed by atoms with E-state index >= 15 is 0 Å². The SMILES string of the molecule is COc1ccc(C(CN)N2CCc3ccccc32)c(OC)c1. The highest BCUT2D eigenvalue weighted by atomic mass is 16.5. The van der Waals surface area contributed by atoms with Crippen LogP contribution in [0.1, 0.15) is 17.2 Å². The van der Waals surface area contributed by atoms with Crippen LogP contribution in [0.15, 0.2) is 42.5 Å². The van der Waals surface area contributed by atoms with E-state index in [-0.39, 0.29) is 6.04 Å². The first-order valence-corrected chi connectivity index (χ1v) is 7.55. The first kappa shape index (κ1) is 14.7. The normalized spacial score (nSPS) is 14.6. The lowest BCUT2D eigenvalue weighted by atomic mass is 10.0. The van der Waals surface area contributed by atoms with Crippen molar-refractivity contribution in [3.63, 3.8) is 0 Å². The maximum Gasteiger partial charge on any atom is 0.127 e. The lowest BCUT2D eigenvalue weighted by Crippen LogP contribution is -2.32. The van der Waals surface area contributed by atoms with E-state index in [0.29, 0.717) is 6.54 Å². The third-order valence-electron chi connectivity index (χ3n) is 4.32. The Morgan fingerprint density at radius 2 is 1.95 bits per heavy atom. The average molecular weight is 298 g/mol. The molecule has 1 heterocycles. The van der Waals surface area contributed by atoms with Crippen molar-refractivity contribution >= 4 is 5.69 Å². The van der Waals surface area contributed by atoms with Gasteiger partial charge in [-0.3, -0.25) is 0 Å². The fraction of sp³-hybridized carbons (Fsp3) is 0.333. The fourth-order valence-electron chi connectivity index (χ4n) is 3.20. The van der Waals surface area contributed by atoms with E-state index in [1.54, 1.807) is 14.2 Å². The van der Waals surface area contributed by atoms with Crippen LogP contribution in [0.4, 0.5) is 5.69 Å². The number of rotatable bonds is 5. The molecule has 4 nitrogen and oxygen atoms in total. The smallest absolute Gasteiger partial charge is 0.127 e. The van der Waals surface area contributed by atoms with Crippen molar-refractivity contribution in [1.82, 2.24) is 0 Å². The zero-order valence-corrected chi connectivity index (χ0v) is 13.1. The summed E-state index contributed by atoms with van der Waals surface area (Å²) in [5.41, 5.74) is 9.86. The molecule has 1 aliphatic heterocycles. The van der Waals surface area contributed by atoms with Gasteiger partial charge in [0.1, 0.15) is 11.5 Å². The molecule has 0 aliphatic carbocycles. The molecular weight excluding hydrogens is 276 g/mol. The third kappa shape index (κ3) is 2.50. The maximum absolute atomic E-state index is 6.11. The summed E-state index contributed by atoms with van der Waals surface area (Å²) in [6.07, 6.45) is 1.06. The molecule has 0 amide bonds. The standard InChI is InChI=1S/C18H22N2O2/c1-21-14-7-8-15(18(11-14)22-2)17(12-19)20-10-9-13-5-3-4-6-16(13)20/h3-8,11,17H,9-10,12,19H2,1-2H3. The molecule has 1 unspecified atom stereocenters. The molecule has 0 aromatic heterocycles. The Morgan fingerprint density at radius 3 is 2.68 bits per heavy atom. The van der Waals surface area contributed by atoms with Crippen LogP contribution in [0.25, 0.3) is 0 Å². The summed E-state index contributed by atoms with van der Waals surface area (Å²) in [5.74, 6) is 1.61. The summed E-state index contributed by atoms with van der Waals surface area (Å²) in [6, 6.07) is 14.6. The van der Waals surface area contributed by atoms with Gasteiger partial charge in [-0.2, -0.15) is 0 Å². The molecule has 2 aromatic rings. The van der Waals surface area contributed by atoms with Crippen LogP contribution in [0.5, 0.6) is 11.5 Å². The van der Waals surface area contributed by atoms with Crippen molar-refractivity contribution in [3.8, 4) is 11.5 Å². The molecule has 0 radical (unpaired) electrons. The van der Waals surface area contributed by atoms with Crippen LogP contribution in [0.3, 0.4) is 0 Å². The molecule has 1 atom stereocenters. The Hall–Kier alpha value is -2.20. The van der Waals surface area contributed by atoms with E-state index < -0.39 is 0 Å². The first-order valence-electron chi connectivity index (χ1n) is 7.55. The van der Waals surface area contributed by atoms with Gasteiger partial charge in [0.2, 0.25) is 0 Å². The summed E-state index contributed by atoms with van der Waals surface area (Å²) in [7, 11) is 3.34.